The van der Waals surface area contributed by atoms with Gasteiger partial charge in [-0.2, -0.15) is 0 Å². The first-order valence-corrected chi connectivity index (χ1v) is 7.32. The molecule has 0 spiro atoms. The van der Waals surface area contributed by atoms with E-state index < -0.39 is 0 Å². The van der Waals surface area contributed by atoms with Gasteiger partial charge in [-0.25, -0.2) is 0 Å². The second-order valence-electron chi connectivity index (χ2n) is 5.29. The van der Waals surface area contributed by atoms with Crippen molar-refractivity contribution in [3.63, 3.8) is 0 Å². The Kier molecular flexibility index (Phi) is 5.47. The molecule has 1 heteroatoms. The molecule has 1 aromatic rings. The lowest BCUT2D eigenvalue weighted by atomic mass is 10.0. The lowest BCUT2D eigenvalue weighted by Gasteiger charge is -2.26. The van der Waals surface area contributed by atoms with Crippen LogP contribution in [0.3, 0.4) is 0 Å². The third kappa shape index (κ3) is 4.30. The van der Waals surface area contributed by atoms with Crippen molar-refractivity contribution in [1.29, 1.82) is 0 Å². The lowest BCUT2D eigenvalue weighted by Crippen LogP contribution is -2.28. The molecule has 0 bridgehead atoms. The molecule has 0 aromatic heterocycles. The monoisotopic (exact) mass is 243 g/mol. The van der Waals surface area contributed by atoms with Crippen LogP contribution >= 0.6 is 0 Å². The van der Waals surface area contributed by atoms with Crippen molar-refractivity contribution in [1.82, 2.24) is 4.90 Å². The second-order valence-corrected chi connectivity index (χ2v) is 5.29. The lowest BCUT2D eigenvalue weighted by molar-refractivity contribution is 0.283. The minimum absolute atomic E-state index is 1.10. The topological polar surface area (TPSA) is 3.24 Å². The highest BCUT2D eigenvalue weighted by atomic mass is 15.1. The zero-order valence-electron chi connectivity index (χ0n) is 11.6. The molecule has 0 radical (unpaired) electrons. The third-order valence-electron chi connectivity index (χ3n) is 3.74. The first-order valence-electron chi connectivity index (χ1n) is 7.32. The van der Waals surface area contributed by atoms with Gasteiger partial charge in [-0.1, -0.05) is 61.7 Å². The highest BCUT2D eigenvalue weighted by Crippen LogP contribution is 2.18. The summed E-state index contributed by atoms with van der Waals surface area (Å²) in [6.07, 6.45) is 9.14. The van der Waals surface area contributed by atoms with Crippen LogP contribution in [-0.4, -0.2) is 18.0 Å². The molecule has 0 amide bonds. The molecular formula is C17H25N. The van der Waals surface area contributed by atoms with Gasteiger partial charge in [0.2, 0.25) is 0 Å². The number of hydrogen-bond acceptors (Lipinski definition) is 1. The van der Waals surface area contributed by atoms with Crippen molar-refractivity contribution in [3.8, 4) is 0 Å². The van der Waals surface area contributed by atoms with Gasteiger partial charge in [-0.05, 0) is 24.8 Å². The summed E-state index contributed by atoms with van der Waals surface area (Å²) in [6.45, 7) is 5.74. The molecular weight excluding hydrogens is 218 g/mol. The minimum Gasteiger partial charge on any atom is -0.295 e. The second kappa shape index (κ2) is 7.38. The molecule has 1 aliphatic heterocycles. The summed E-state index contributed by atoms with van der Waals surface area (Å²) in [5, 5.41) is 0. The molecule has 1 aliphatic rings. The Morgan fingerprint density at radius 1 is 1.11 bits per heavy atom. The van der Waals surface area contributed by atoms with Crippen LogP contribution in [-0.2, 0) is 6.54 Å². The molecule has 0 unspecified atom stereocenters. The van der Waals surface area contributed by atoms with E-state index in [9.17, 15) is 0 Å². The predicted octanol–water partition coefficient (Wildman–Crippen LogP) is 4.40. The maximum absolute atomic E-state index is 2.54. The number of hydrogen-bond donors (Lipinski definition) is 0. The molecule has 0 aliphatic carbocycles. The Hall–Kier alpha value is -1.08. The van der Waals surface area contributed by atoms with E-state index in [1.807, 2.05) is 0 Å². The average Bonchev–Trinajstić information content (AvgIpc) is 2.42. The fraction of sp³-hybridized carbons (Fsp3) is 0.529. The van der Waals surface area contributed by atoms with Crippen LogP contribution in [0.2, 0.25) is 0 Å². The van der Waals surface area contributed by atoms with Crippen LogP contribution < -0.4 is 0 Å². The largest absolute Gasteiger partial charge is 0.295 e. The Morgan fingerprint density at radius 3 is 2.61 bits per heavy atom. The normalized spacial score (nSPS) is 16.6. The Labute approximate surface area is 112 Å². The van der Waals surface area contributed by atoms with E-state index in [0.717, 1.165) is 13.1 Å². The number of nitrogens with zero attached hydrogens (tertiary/aromatic N) is 1. The van der Waals surface area contributed by atoms with E-state index in [-0.39, 0.29) is 0 Å². The molecule has 18 heavy (non-hydrogen) atoms. The van der Waals surface area contributed by atoms with Gasteiger partial charge in [0, 0.05) is 19.6 Å². The molecule has 0 atom stereocenters. The Bertz CT molecular complexity index is 366. The highest BCUT2D eigenvalue weighted by molar-refractivity contribution is 5.15. The van der Waals surface area contributed by atoms with Crippen molar-refractivity contribution in [2.24, 2.45) is 0 Å². The summed E-state index contributed by atoms with van der Waals surface area (Å²) in [6, 6.07) is 10.8. The van der Waals surface area contributed by atoms with E-state index in [1.54, 1.807) is 5.57 Å². The van der Waals surface area contributed by atoms with Gasteiger partial charge >= 0.3 is 0 Å². The van der Waals surface area contributed by atoms with Gasteiger partial charge in [0.15, 0.2) is 0 Å². The van der Waals surface area contributed by atoms with Gasteiger partial charge in [0.1, 0.15) is 0 Å². The summed E-state index contributed by atoms with van der Waals surface area (Å²) < 4.78 is 0. The molecule has 1 aromatic carbocycles. The predicted molar refractivity (Wildman–Crippen MR) is 78.6 cm³/mol. The minimum atomic E-state index is 1.10. The average molecular weight is 243 g/mol. The Balaban J connectivity index is 1.75. The van der Waals surface area contributed by atoms with E-state index in [2.05, 4.69) is 48.2 Å². The quantitative estimate of drug-likeness (QED) is 0.529. The molecule has 1 nitrogen and oxygen atoms in total. The number of rotatable bonds is 6. The summed E-state index contributed by atoms with van der Waals surface area (Å²) in [4.78, 5) is 2.54. The van der Waals surface area contributed by atoms with Gasteiger partial charge in [-0.3, -0.25) is 4.90 Å². The van der Waals surface area contributed by atoms with Crippen LogP contribution in [0.5, 0.6) is 0 Å². The van der Waals surface area contributed by atoms with Crippen LogP contribution in [0.25, 0.3) is 0 Å². The van der Waals surface area contributed by atoms with Crippen molar-refractivity contribution in [2.75, 3.05) is 13.1 Å². The summed E-state index contributed by atoms with van der Waals surface area (Å²) in [7, 11) is 0. The molecule has 1 heterocycles. The maximum atomic E-state index is 2.54. The van der Waals surface area contributed by atoms with Crippen molar-refractivity contribution in [2.45, 2.75) is 45.6 Å². The summed E-state index contributed by atoms with van der Waals surface area (Å²) >= 11 is 0. The number of unbranched alkanes of at least 4 members (excludes halogenated alkanes) is 2. The SMILES string of the molecule is CCCCCC1=CCN(Cc2ccccc2)CC1. The van der Waals surface area contributed by atoms with E-state index in [0.29, 0.717) is 0 Å². The molecule has 0 saturated heterocycles. The fourth-order valence-electron chi connectivity index (χ4n) is 2.57. The van der Waals surface area contributed by atoms with Crippen molar-refractivity contribution >= 4 is 0 Å². The smallest absolute Gasteiger partial charge is 0.0237 e. The highest BCUT2D eigenvalue weighted by Gasteiger charge is 2.11. The zero-order valence-corrected chi connectivity index (χ0v) is 11.6. The van der Waals surface area contributed by atoms with Gasteiger partial charge in [0.05, 0.1) is 0 Å². The van der Waals surface area contributed by atoms with Crippen LogP contribution in [0.15, 0.2) is 42.0 Å². The van der Waals surface area contributed by atoms with Gasteiger partial charge in [0.25, 0.3) is 0 Å². The molecule has 2 rings (SSSR count). The van der Waals surface area contributed by atoms with E-state index >= 15 is 0 Å². The van der Waals surface area contributed by atoms with Crippen molar-refractivity contribution in [3.05, 3.63) is 47.5 Å². The zero-order chi connectivity index (χ0) is 12.6. The first kappa shape index (κ1) is 13.4. The van der Waals surface area contributed by atoms with Crippen LogP contribution in [0, 0.1) is 0 Å². The third-order valence-corrected chi connectivity index (χ3v) is 3.74. The van der Waals surface area contributed by atoms with E-state index in [4.69, 9.17) is 0 Å². The summed E-state index contributed by atoms with van der Waals surface area (Å²) in [5.74, 6) is 0. The number of benzene rings is 1. The summed E-state index contributed by atoms with van der Waals surface area (Å²) in [5.41, 5.74) is 3.12. The standard InChI is InChI=1S/C17H25N/c1-2-3-5-8-16-11-13-18(14-12-16)15-17-9-6-4-7-10-17/h4,6-7,9-11H,2-3,5,8,12-15H2,1H3. The Morgan fingerprint density at radius 2 is 1.94 bits per heavy atom. The van der Waals surface area contributed by atoms with Crippen LogP contribution in [0.1, 0.15) is 44.6 Å². The van der Waals surface area contributed by atoms with Crippen molar-refractivity contribution < 1.29 is 0 Å². The van der Waals surface area contributed by atoms with Gasteiger partial charge < -0.3 is 0 Å². The van der Waals surface area contributed by atoms with Crippen LogP contribution in [0.4, 0.5) is 0 Å². The first-order chi connectivity index (χ1) is 8.88. The van der Waals surface area contributed by atoms with E-state index in [1.165, 1.54) is 44.2 Å². The molecule has 0 saturated carbocycles. The molecule has 0 N–H and O–H groups in total. The van der Waals surface area contributed by atoms with Gasteiger partial charge in [-0.15, -0.1) is 0 Å². The molecule has 0 fully saturated rings. The molecule has 98 valence electrons. The maximum Gasteiger partial charge on any atom is 0.0237 e. The fourth-order valence-corrected chi connectivity index (χ4v) is 2.57.